The fourth-order valence-corrected chi connectivity index (χ4v) is 3.76. The van der Waals surface area contributed by atoms with Crippen LogP contribution in [0.3, 0.4) is 0 Å². The summed E-state index contributed by atoms with van der Waals surface area (Å²) in [5, 5.41) is 0.543. The average molecular weight is 452 g/mol. The normalized spacial score (nSPS) is 21.5. The van der Waals surface area contributed by atoms with Gasteiger partial charge in [-0.3, -0.25) is 9.36 Å². The van der Waals surface area contributed by atoms with Gasteiger partial charge in [0.1, 0.15) is 25.0 Å². The van der Waals surface area contributed by atoms with Gasteiger partial charge < -0.3 is 14.2 Å². The molecule has 1 amide bonds. The minimum Gasteiger partial charge on any atom is -0.459 e. The Bertz CT molecular complexity index is 1230. The van der Waals surface area contributed by atoms with Crippen molar-refractivity contribution in [2.24, 2.45) is 4.99 Å². The molecule has 0 radical (unpaired) electrons. The highest BCUT2D eigenvalue weighted by Crippen LogP contribution is 2.37. The molecule has 2 bridgehead atoms. The van der Waals surface area contributed by atoms with Gasteiger partial charge in [-0.15, -0.1) is 0 Å². The van der Waals surface area contributed by atoms with E-state index >= 15 is 0 Å². The van der Waals surface area contributed by atoms with Crippen LogP contribution in [0, 0.1) is 0 Å². The second-order valence-corrected chi connectivity index (χ2v) is 7.82. The molecule has 0 spiro atoms. The number of amides is 1. The van der Waals surface area contributed by atoms with E-state index in [1.807, 2.05) is 6.07 Å². The number of aromatic nitrogens is 2. The van der Waals surface area contributed by atoms with Gasteiger partial charge in [-0.25, -0.2) is 4.79 Å². The fraction of sp³-hybridized carbons (Fsp3) is 0.217. The van der Waals surface area contributed by atoms with Crippen molar-refractivity contribution in [2.45, 2.75) is 24.9 Å². The first-order valence-corrected chi connectivity index (χ1v) is 10.4. The molecule has 1 saturated heterocycles. The Hall–Kier alpha value is -3.49. The van der Waals surface area contributed by atoms with E-state index in [1.165, 1.54) is 0 Å². The molecule has 3 aromatic rings. The Morgan fingerprint density at radius 1 is 1.09 bits per heavy atom. The smallest absolute Gasteiger partial charge is 0.338 e. The molecule has 9 heteroatoms. The van der Waals surface area contributed by atoms with Crippen molar-refractivity contribution in [2.75, 3.05) is 6.61 Å². The molecule has 2 aliphatic heterocycles. The number of carbonyl (C=O) groups excluding carboxylic acids is 2. The molecule has 162 valence electrons. The maximum absolute atomic E-state index is 12.3. The first-order chi connectivity index (χ1) is 15.6. The highest BCUT2D eigenvalue weighted by atomic mass is 35.5. The van der Waals surface area contributed by atoms with Crippen LogP contribution in [-0.2, 0) is 9.47 Å². The molecule has 2 aliphatic rings. The van der Waals surface area contributed by atoms with Gasteiger partial charge in [0, 0.05) is 23.2 Å². The highest BCUT2D eigenvalue weighted by Gasteiger charge is 2.43. The fourth-order valence-electron chi connectivity index (χ4n) is 3.63. The molecule has 0 saturated carbocycles. The van der Waals surface area contributed by atoms with Crippen LogP contribution in [0.25, 0.3) is 0 Å². The lowest BCUT2D eigenvalue weighted by atomic mass is 10.1. The van der Waals surface area contributed by atoms with Crippen LogP contribution < -0.4 is 10.2 Å². The molecular formula is C23H18ClN3O5. The van der Waals surface area contributed by atoms with E-state index in [-0.39, 0.29) is 30.3 Å². The second kappa shape index (κ2) is 8.57. The summed E-state index contributed by atoms with van der Waals surface area (Å²) in [4.78, 5) is 33.0. The largest absolute Gasteiger partial charge is 0.459 e. The monoisotopic (exact) mass is 451 g/mol. The van der Waals surface area contributed by atoms with Gasteiger partial charge in [0.25, 0.3) is 5.91 Å². The lowest BCUT2D eigenvalue weighted by molar-refractivity contribution is -0.0351. The molecule has 3 heterocycles. The summed E-state index contributed by atoms with van der Waals surface area (Å²) >= 11 is 5.85. The highest BCUT2D eigenvalue weighted by molar-refractivity contribution is 6.30. The van der Waals surface area contributed by atoms with E-state index in [9.17, 15) is 9.59 Å². The van der Waals surface area contributed by atoms with Gasteiger partial charge in [-0.1, -0.05) is 29.8 Å². The van der Waals surface area contributed by atoms with Crippen molar-refractivity contribution in [3.63, 3.8) is 0 Å². The Morgan fingerprint density at radius 3 is 2.66 bits per heavy atom. The first kappa shape index (κ1) is 20.4. The molecule has 1 aromatic heterocycles. The first-order valence-electron chi connectivity index (χ1n) is 10.0. The summed E-state index contributed by atoms with van der Waals surface area (Å²) in [5.74, 6) is -0.847. The van der Waals surface area contributed by atoms with Crippen molar-refractivity contribution in [1.82, 2.24) is 9.55 Å². The lowest BCUT2D eigenvalue weighted by Crippen LogP contribution is -2.34. The average Bonchev–Trinajstić information content (AvgIpc) is 3.14. The summed E-state index contributed by atoms with van der Waals surface area (Å²) in [5.41, 5.74) is 1.13. The van der Waals surface area contributed by atoms with Crippen molar-refractivity contribution in [3.05, 3.63) is 88.5 Å². The number of ether oxygens (including phenoxy) is 3. The van der Waals surface area contributed by atoms with Gasteiger partial charge in [-0.2, -0.15) is 9.98 Å². The summed E-state index contributed by atoms with van der Waals surface area (Å²) in [6.45, 7) is 0.0426. The third kappa shape index (κ3) is 4.15. The van der Waals surface area contributed by atoms with E-state index in [4.69, 9.17) is 25.8 Å². The van der Waals surface area contributed by atoms with E-state index in [0.717, 1.165) is 0 Å². The number of hydrogen-bond donors (Lipinski definition) is 0. The van der Waals surface area contributed by atoms with Crippen LogP contribution in [0.4, 0.5) is 0 Å². The van der Waals surface area contributed by atoms with Gasteiger partial charge in [0.15, 0.2) is 5.49 Å². The Kier molecular flexibility index (Phi) is 5.46. The zero-order valence-corrected chi connectivity index (χ0v) is 17.5. The van der Waals surface area contributed by atoms with Crippen LogP contribution in [0.1, 0.15) is 33.4 Å². The zero-order chi connectivity index (χ0) is 22.1. The topological polar surface area (TPSA) is 92.0 Å². The predicted molar refractivity (Wildman–Crippen MR) is 113 cm³/mol. The number of esters is 1. The van der Waals surface area contributed by atoms with Crippen molar-refractivity contribution in [3.8, 4) is 6.01 Å². The van der Waals surface area contributed by atoms with Crippen LogP contribution in [-0.4, -0.2) is 40.2 Å². The Balaban J connectivity index is 1.27. The number of fused-ring (bicyclic) bond motifs is 4. The lowest BCUT2D eigenvalue weighted by Gasteiger charge is -2.23. The van der Waals surface area contributed by atoms with E-state index in [2.05, 4.69) is 9.98 Å². The number of rotatable bonds is 4. The van der Waals surface area contributed by atoms with Gasteiger partial charge >= 0.3 is 12.0 Å². The standard InChI is InChI=1S/C23H18ClN3O5/c24-16-8-6-15(7-9-16)22(29)30-13-18-17-12-20(31-18)27-11-10-19(26-23(27)32-17)25-21(28)14-4-2-1-3-5-14/h1-11,17-18,20H,12-13H2/t17-,18-,20-/m1/s1. The van der Waals surface area contributed by atoms with E-state index in [1.54, 1.807) is 65.4 Å². The van der Waals surface area contributed by atoms with Crippen molar-refractivity contribution < 1.29 is 23.8 Å². The second-order valence-electron chi connectivity index (χ2n) is 7.39. The molecule has 8 nitrogen and oxygen atoms in total. The number of hydrogen-bond acceptors (Lipinski definition) is 6. The molecular weight excluding hydrogens is 434 g/mol. The van der Waals surface area contributed by atoms with Gasteiger partial charge in [-0.05, 0) is 42.5 Å². The number of carbonyl (C=O) groups is 2. The third-order valence-corrected chi connectivity index (χ3v) is 5.51. The van der Waals surface area contributed by atoms with Crippen LogP contribution >= 0.6 is 11.6 Å². The van der Waals surface area contributed by atoms with E-state index in [0.29, 0.717) is 28.6 Å². The van der Waals surface area contributed by atoms with Gasteiger partial charge in [0.05, 0.1) is 5.56 Å². The van der Waals surface area contributed by atoms with Gasteiger partial charge in [0.2, 0.25) is 0 Å². The maximum atomic E-state index is 12.3. The van der Waals surface area contributed by atoms with Crippen molar-refractivity contribution in [1.29, 1.82) is 0 Å². The summed E-state index contributed by atoms with van der Waals surface area (Å²) in [6, 6.07) is 17.2. The Morgan fingerprint density at radius 2 is 1.88 bits per heavy atom. The molecule has 5 rings (SSSR count). The molecule has 32 heavy (non-hydrogen) atoms. The van der Waals surface area contributed by atoms with Crippen LogP contribution in [0.15, 0.2) is 71.9 Å². The molecule has 0 unspecified atom stereocenters. The minimum absolute atomic E-state index is 0.0426. The third-order valence-electron chi connectivity index (χ3n) is 5.26. The summed E-state index contributed by atoms with van der Waals surface area (Å²) in [6.07, 6.45) is 1.26. The molecule has 0 N–H and O–H groups in total. The van der Waals surface area contributed by atoms with E-state index < -0.39 is 12.1 Å². The molecule has 1 fully saturated rings. The molecule has 3 atom stereocenters. The minimum atomic E-state index is -0.462. The quantitative estimate of drug-likeness (QED) is 0.566. The molecule has 0 aliphatic carbocycles. The van der Waals surface area contributed by atoms with Crippen LogP contribution in [0.2, 0.25) is 5.02 Å². The van der Waals surface area contributed by atoms with Crippen molar-refractivity contribution >= 4 is 23.5 Å². The summed E-state index contributed by atoms with van der Waals surface area (Å²) < 4.78 is 19.1. The zero-order valence-electron chi connectivity index (χ0n) is 16.8. The predicted octanol–water partition coefficient (Wildman–Crippen LogP) is 3.18. The number of benzene rings is 2. The van der Waals surface area contributed by atoms with Crippen LogP contribution in [0.5, 0.6) is 6.01 Å². The summed E-state index contributed by atoms with van der Waals surface area (Å²) in [7, 11) is 0. The number of nitrogens with zero attached hydrogens (tertiary/aromatic N) is 3. The maximum Gasteiger partial charge on any atom is 0.338 e. The SMILES string of the molecule is O=C(N=c1ccn2c(n1)O[C@@H]1C[C@H]2O[C@@H]1COC(=O)c1ccc(Cl)cc1)c1ccccc1. The number of halogens is 1. The molecule has 2 aromatic carbocycles. The Labute approximate surface area is 188 Å².